The molecule has 0 aliphatic heterocycles. The Labute approximate surface area is 122 Å². The zero-order chi connectivity index (χ0) is 15.6. The highest BCUT2D eigenvalue weighted by molar-refractivity contribution is 5.95. The number of phenols is 1. The number of nitrogens with two attached hydrogens (primary N) is 1. The maximum atomic E-state index is 13.8. The Hall–Kier alpha value is -2.56. The van der Waals surface area contributed by atoms with Gasteiger partial charge in [-0.3, -0.25) is 4.79 Å². The van der Waals surface area contributed by atoms with Gasteiger partial charge in [-0.1, -0.05) is 18.2 Å². The number of phenolic OH excluding ortho intramolecular Hbond substituents is 1. The van der Waals surface area contributed by atoms with Gasteiger partial charge in [0.25, 0.3) is 5.91 Å². The molecule has 1 amide bonds. The molecule has 0 spiro atoms. The van der Waals surface area contributed by atoms with Crippen LogP contribution in [0.4, 0.5) is 10.1 Å². The average Bonchev–Trinajstić information content (AvgIpc) is 2.48. The average molecular weight is 288 g/mol. The zero-order valence-electron chi connectivity index (χ0n) is 11.9. The van der Waals surface area contributed by atoms with Crippen molar-refractivity contribution in [2.24, 2.45) is 0 Å². The summed E-state index contributed by atoms with van der Waals surface area (Å²) in [5, 5.41) is 9.57. The van der Waals surface area contributed by atoms with Gasteiger partial charge in [-0.2, -0.15) is 0 Å². The minimum atomic E-state index is -0.432. The Morgan fingerprint density at radius 1 is 1.29 bits per heavy atom. The van der Waals surface area contributed by atoms with E-state index in [2.05, 4.69) is 0 Å². The highest BCUT2D eigenvalue weighted by atomic mass is 19.1. The summed E-state index contributed by atoms with van der Waals surface area (Å²) in [6.07, 6.45) is 0. The van der Waals surface area contributed by atoms with Crippen LogP contribution < -0.4 is 5.73 Å². The third-order valence-electron chi connectivity index (χ3n) is 3.53. The van der Waals surface area contributed by atoms with E-state index >= 15 is 0 Å². The topological polar surface area (TPSA) is 66.6 Å². The number of hydrogen-bond donors (Lipinski definition) is 2. The fourth-order valence-corrected chi connectivity index (χ4v) is 2.08. The molecule has 5 heteroatoms. The smallest absolute Gasteiger partial charge is 0.254 e. The van der Waals surface area contributed by atoms with Crippen molar-refractivity contribution >= 4 is 11.6 Å². The van der Waals surface area contributed by atoms with Gasteiger partial charge in [-0.15, -0.1) is 0 Å². The molecule has 0 aromatic heterocycles. The van der Waals surface area contributed by atoms with Crippen molar-refractivity contribution in [2.45, 2.75) is 13.0 Å². The maximum absolute atomic E-state index is 13.8. The molecule has 4 nitrogen and oxygen atoms in total. The lowest BCUT2D eigenvalue weighted by Gasteiger charge is -2.26. The third kappa shape index (κ3) is 2.97. The van der Waals surface area contributed by atoms with Crippen LogP contribution >= 0.6 is 0 Å². The van der Waals surface area contributed by atoms with Gasteiger partial charge >= 0.3 is 0 Å². The van der Waals surface area contributed by atoms with E-state index in [-0.39, 0.29) is 23.2 Å². The van der Waals surface area contributed by atoms with Crippen LogP contribution in [0.1, 0.15) is 28.9 Å². The summed E-state index contributed by atoms with van der Waals surface area (Å²) in [6.45, 7) is 1.74. The van der Waals surface area contributed by atoms with Crippen molar-refractivity contribution in [1.29, 1.82) is 0 Å². The van der Waals surface area contributed by atoms with E-state index in [9.17, 15) is 14.3 Å². The van der Waals surface area contributed by atoms with Crippen molar-refractivity contribution in [3.8, 4) is 5.75 Å². The second-order valence-electron chi connectivity index (χ2n) is 4.89. The lowest BCUT2D eigenvalue weighted by molar-refractivity contribution is 0.0740. The first kappa shape index (κ1) is 14.8. The standard InChI is InChI=1S/C16H17FN2O2/c1-10(12-5-3-4-6-13(12)17)19(2)16(21)11-7-8-14(18)15(20)9-11/h3-10,20H,18H2,1-2H3. The van der Waals surface area contributed by atoms with Crippen LogP contribution in [0, 0.1) is 5.82 Å². The van der Waals surface area contributed by atoms with Crippen LogP contribution in [-0.4, -0.2) is 23.0 Å². The molecule has 1 unspecified atom stereocenters. The highest BCUT2D eigenvalue weighted by Crippen LogP contribution is 2.25. The van der Waals surface area contributed by atoms with E-state index in [1.54, 1.807) is 32.2 Å². The number of carbonyl (C=O) groups excluding carboxylic acids is 1. The summed E-state index contributed by atoms with van der Waals surface area (Å²) < 4.78 is 13.8. The summed E-state index contributed by atoms with van der Waals surface area (Å²) in [5.74, 6) is -0.821. The molecule has 21 heavy (non-hydrogen) atoms. The monoisotopic (exact) mass is 288 g/mol. The number of nitrogen functional groups attached to an aromatic ring is 1. The van der Waals surface area contributed by atoms with Crippen LogP contribution in [-0.2, 0) is 0 Å². The van der Waals surface area contributed by atoms with Gasteiger partial charge in [0.15, 0.2) is 0 Å². The Bertz CT molecular complexity index is 673. The fourth-order valence-electron chi connectivity index (χ4n) is 2.08. The molecule has 0 heterocycles. The number of anilines is 1. The molecule has 0 radical (unpaired) electrons. The summed E-state index contributed by atoms with van der Waals surface area (Å²) in [7, 11) is 1.59. The predicted molar refractivity (Wildman–Crippen MR) is 79.4 cm³/mol. The molecule has 0 fully saturated rings. The van der Waals surface area contributed by atoms with Gasteiger partial charge in [-0.25, -0.2) is 4.39 Å². The molecule has 0 saturated carbocycles. The van der Waals surface area contributed by atoms with Gasteiger partial charge in [0.1, 0.15) is 11.6 Å². The van der Waals surface area contributed by atoms with Crippen LogP contribution in [0.25, 0.3) is 0 Å². The number of carbonyl (C=O) groups is 1. The number of nitrogens with zero attached hydrogens (tertiary/aromatic N) is 1. The third-order valence-corrected chi connectivity index (χ3v) is 3.53. The fraction of sp³-hybridized carbons (Fsp3) is 0.188. The SMILES string of the molecule is CC(c1ccccc1F)N(C)C(=O)c1ccc(N)c(O)c1. The number of amides is 1. The lowest BCUT2D eigenvalue weighted by atomic mass is 10.1. The van der Waals surface area contributed by atoms with Crippen molar-refractivity contribution < 1.29 is 14.3 Å². The molecule has 0 bridgehead atoms. The zero-order valence-corrected chi connectivity index (χ0v) is 11.9. The Morgan fingerprint density at radius 3 is 2.57 bits per heavy atom. The van der Waals surface area contributed by atoms with Crippen molar-refractivity contribution in [3.05, 3.63) is 59.4 Å². The van der Waals surface area contributed by atoms with E-state index in [4.69, 9.17) is 5.73 Å². The van der Waals surface area contributed by atoms with Crippen molar-refractivity contribution in [2.75, 3.05) is 12.8 Å². The first-order valence-corrected chi connectivity index (χ1v) is 6.52. The number of benzene rings is 2. The van der Waals surface area contributed by atoms with Gasteiger partial charge in [0, 0.05) is 18.2 Å². The molecular formula is C16H17FN2O2. The Morgan fingerprint density at radius 2 is 1.95 bits per heavy atom. The predicted octanol–water partition coefficient (Wildman–Crippen LogP) is 2.95. The minimum Gasteiger partial charge on any atom is -0.506 e. The molecule has 0 aliphatic rings. The second kappa shape index (κ2) is 5.83. The first-order chi connectivity index (χ1) is 9.91. The van der Waals surface area contributed by atoms with E-state index in [1.807, 2.05) is 0 Å². The van der Waals surface area contributed by atoms with Crippen molar-refractivity contribution in [1.82, 2.24) is 4.90 Å². The summed E-state index contributed by atoms with van der Waals surface area (Å²) in [4.78, 5) is 13.8. The molecule has 2 aromatic rings. The van der Waals surface area contributed by atoms with E-state index in [0.29, 0.717) is 11.1 Å². The summed E-state index contributed by atoms with van der Waals surface area (Å²) >= 11 is 0. The van der Waals surface area contributed by atoms with E-state index in [1.165, 1.54) is 29.2 Å². The number of halogens is 1. The molecular weight excluding hydrogens is 271 g/mol. The van der Waals surface area contributed by atoms with Crippen molar-refractivity contribution in [3.63, 3.8) is 0 Å². The second-order valence-corrected chi connectivity index (χ2v) is 4.89. The number of rotatable bonds is 3. The van der Waals surface area contributed by atoms with Crippen LogP contribution in [0.15, 0.2) is 42.5 Å². The normalized spacial score (nSPS) is 12.0. The van der Waals surface area contributed by atoms with Gasteiger partial charge in [0.2, 0.25) is 0 Å². The van der Waals surface area contributed by atoms with Crippen LogP contribution in [0.5, 0.6) is 5.75 Å². The molecule has 2 rings (SSSR count). The van der Waals surface area contributed by atoms with E-state index < -0.39 is 6.04 Å². The molecule has 110 valence electrons. The maximum Gasteiger partial charge on any atom is 0.254 e. The van der Waals surface area contributed by atoms with Crippen LogP contribution in [0.2, 0.25) is 0 Å². The van der Waals surface area contributed by atoms with E-state index in [0.717, 1.165) is 0 Å². The summed E-state index contributed by atoms with van der Waals surface area (Å²) in [6, 6.07) is 10.2. The van der Waals surface area contributed by atoms with Gasteiger partial charge < -0.3 is 15.7 Å². The minimum absolute atomic E-state index is 0.146. The van der Waals surface area contributed by atoms with Crippen LogP contribution in [0.3, 0.4) is 0 Å². The molecule has 0 saturated heterocycles. The highest BCUT2D eigenvalue weighted by Gasteiger charge is 2.21. The van der Waals surface area contributed by atoms with Gasteiger partial charge in [-0.05, 0) is 31.2 Å². The molecule has 2 aromatic carbocycles. The molecule has 0 aliphatic carbocycles. The molecule has 1 atom stereocenters. The first-order valence-electron chi connectivity index (χ1n) is 6.52. The summed E-state index contributed by atoms with van der Waals surface area (Å²) in [5.41, 5.74) is 6.45. The quantitative estimate of drug-likeness (QED) is 0.674. The number of aromatic hydroxyl groups is 1. The number of hydrogen-bond acceptors (Lipinski definition) is 3. The Balaban J connectivity index is 2.26. The van der Waals surface area contributed by atoms with Gasteiger partial charge in [0.05, 0.1) is 11.7 Å². The Kier molecular flexibility index (Phi) is 4.12. The largest absolute Gasteiger partial charge is 0.506 e. The lowest BCUT2D eigenvalue weighted by Crippen LogP contribution is -2.30. The molecule has 3 N–H and O–H groups in total.